The van der Waals surface area contributed by atoms with Gasteiger partial charge in [-0.2, -0.15) is 0 Å². The highest BCUT2D eigenvalue weighted by molar-refractivity contribution is 5.44. The lowest BCUT2D eigenvalue weighted by molar-refractivity contribution is 0.492. The summed E-state index contributed by atoms with van der Waals surface area (Å²) in [4.78, 5) is 4.12. The van der Waals surface area contributed by atoms with Crippen LogP contribution in [0.4, 0.5) is 10.1 Å². The van der Waals surface area contributed by atoms with Gasteiger partial charge in [-0.1, -0.05) is 25.1 Å². The summed E-state index contributed by atoms with van der Waals surface area (Å²) in [5, 5.41) is 3.47. The van der Waals surface area contributed by atoms with E-state index in [9.17, 15) is 4.39 Å². The number of aromatic nitrogens is 1. The van der Waals surface area contributed by atoms with Gasteiger partial charge in [-0.3, -0.25) is 4.98 Å². The van der Waals surface area contributed by atoms with E-state index in [1.165, 1.54) is 6.07 Å². The Bertz CT molecular complexity index is 524. The normalized spacial score (nSPS) is 12.3. The van der Waals surface area contributed by atoms with Crippen molar-refractivity contribution < 1.29 is 4.39 Å². The van der Waals surface area contributed by atoms with E-state index in [2.05, 4.69) is 17.2 Å². The zero-order valence-corrected chi connectivity index (χ0v) is 12.3. The Hall–Kier alpha value is -1.94. The van der Waals surface area contributed by atoms with E-state index in [1.54, 1.807) is 24.5 Å². The Morgan fingerprint density at radius 1 is 1.19 bits per heavy atom. The molecule has 0 fully saturated rings. The molecule has 1 heterocycles. The monoisotopic (exact) mass is 287 g/mol. The molecule has 2 aromatic rings. The van der Waals surface area contributed by atoms with Crippen molar-refractivity contribution in [3.05, 3.63) is 59.7 Å². The molecule has 0 aliphatic heterocycles. The van der Waals surface area contributed by atoms with Crippen LogP contribution in [-0.4, -0.2) is 17.6 Å². The van der Waals surface area contributed by atoms with Crippen molar-refractivity contribution in [3.8, 4) is 0 Å². The van der Waals surface area contributed by atoms with Gasteiger partial charge in [0.15, 0.2) is 0 Å². The number of rotatable bonds is 7. The van der Waals surface area contributed by atoms with Crippen molar-refractivity contribution in [1.29, 1.82) is 0 Å². The van der Waals surface area contributed by atoms with Gasteiger partial charge < -0.3 is 11.1 Å². The molecular weight excluding hydrogens is 265 g/mol. The van der Waals surface area contributed by atoms with Crippen LogP contribution in [0.5, 0.6) is 0 Å². The SMILES string of the molecule is CCCNC(Cc1cnccc1N)Cc1ccccc1F. The third-order valence-electron chi connectivity index (χ3n) is 3.51. The molecule has 1 aromatic heterocycles. The average molecular weight is 287 g/mol. The molecule has 112 valence electrons. The van der Waals surface area contributed by atoms with Gasteiger partial charge in [0.2, 0.25) is 0 Å². The predicted molar refractivity (Wildman–Crippen MR) is 84.5 cm³/mol. The van der Waals surface area contributed by atoms with E-state index in [0.29, 0.717) is 6.42 Å². The summed E-state index contributed by atoms with van der Waals surface area (Å²) in [6.07, 6.45) is 5.90. The molecule has 2 rings (SSSR count). The number of hydrogen-bond donors (Lipinski definition) is 2. The Morgan fingerprint density at radius 3 is 2.67 bits per heavy atom. The van der Waals surface area contributed by atoms with Gasteiger partial charge in [-0.25, -0.2) is 4.39 Å². The summed E-state index contributed by atoms with van der Waals surface area (Å²) < 4.78 is 13.8. The first-order valence-corrected chi connectivity index (χ1v) is 7.36. The van der Waals surface area contributed by atoms with E-state index in [0.717, 1.165) is 36.2 Å². The van der Waals surface area contributed by atoms with E-state index < -0.39 is 0 Å². The number of hydrogen-bond acceptors (Lipinski definition) is 3. The van der Waals surface area contributed by atoms with Crippen LogP contribution in [0.1, 0.15) is 24.5 Å². The van der Waals surface area contributed by atoms with Crippen LogP contribution < -0.4 is 11.1 Å². The fraction of sp³-hybridized carbons (Fsp3) is 0.353. The van der Waals surface area contributed by atoms with Crippen LogP contribution in [0, 0.1) is 5.82 Å². The maximum atomic E-state index is 13.8. The molecule has 0 radical (unpaired) electrons. The second-order valence-corrected chi connectivity index (χ2v) is 5.23. The highest BCUT2D eigenvalue weighted by Crippen LogP contribution is 2.15. The molecule has 0 saturated carbocycles. The van der Waals surface area contributed by atoms with Gasteiger partial charge in [-0.15, -0.1) is 0 Å². The number of benzene rings is 1. The molecule has 1 unspecified atom stereocenters. The van der Waals surface area contributed by atoms with Gasteiger partial charge in [0.1, 0.15) is 5.82 Å². The summed E-state index contributed by atoms with van der Waals surface area (Å²) in [6.45, 7) is 3.02. The zero-order chi connectivity index (χ0) is 15.1. The number of anilines is 1. The lowest BCUT2D eigenvalue weighted by Gasteiger charge is -2.19. The van der Waals surface area contributed by atoms with Gasteiger partial charge in [0.25, 0.3) is 0 Å². The number of nitrogens with zero attached hydrogens (tertiary/aromatic N) is 1. The summed E-state index contributed by atoms with van der Waals surface area (Å²) in [5.74, 6) is -0.153. The first-order chi connectivity index (χ1) is 10.2. The molecular formula is C17H22FN3. The molecule has 0 bridgehead atoms. The van der Waals surface area contributed by atoms with Crippen molar-refractivity contribution in [2.75, 3.05) is 12.3 Å². The maximum Gasteiger partial charge on any atom is 0.126 e. The Kier molecular flexibility index (Phi) is 5.69. The molecule has 21 heavy (non-hydrogen) atoms. The van der Waals surface area contributed by atoms with Gasteiger partial charge in [-0.05, 0) is 49.1 Å². The molecule has 0 amide bonds. The van der Waals surface area contributed by atoms with Crippen LogP contribution in [0.15, 0.2) is 42.7 Å². The largest absolute Gasteiger partial charge is 0.398 e. The molecule has 3 N–H and O–H groups in total. The van der Waals surface area contributed by atoms with Crippen molar-refractivity contribution in [2.45, 2.75) is 32.2 Å². The lowest BCUT2D eigenvalue weighted by atomic mass is 9.98. The second kappa shape index (κ2) is 7.74. The number of nitrogens with one attached hydrogen (secondary N) is 1. The van der Waals surface area contributed by atoms with Crippen LogP contribution in [-0.2, 0) is 12.8 Å². The second-order valence-electron chi connectivity index (χ2n) is 5.23. The molecule has 3 nitrogen and oxygen atoms in total. The van der Waals surface area contributed by atoms with E-state index in [-0.39, 0.29) is 11.9 Å². The standard InChI is InChI=1S/C17H22FN3/c1-2-8-21-15(10-13-5-3-4-6-16(13)18)11-14-12-20-9-7-17(14)19/h3-7,9,12,15,21H,2,8,10-11H2,1H3,(H2,19,20). The smallest absolute Gasteiger partial charge is 0.126 e. The summed E-state index contributed by atoms with van der Waals surface area (Å²) >= 11 is 0. The number of pyridine rings is 1. The van der Waals surface area contributed by atoms with E-state index >= 15 is 0 Å². The minimum atomic E-state index is -0.153. The van der Waals surface area contributed by atoms with E-state index in [4.69, 9.17) is 5.73 Å². The van der Waals surface area contributed by atoms with Gasteiger partial charge >= 0.3 is 0 Å². The summed E-state index contributed by atoms with van der Waals surface area (Å²) in [6, 6.07) is 8.87. The Morgan fingerprint density at radius 2 is 1.95 bits per heavy atom. The zero-order valence-electron chi connectivity index (χ0n) is 12.3. The van der Waals surface area contributed by atoms with Crippen molar-refractivity contribution in [3.63, 3.8) is 0 Å². The quantitative estimate of drug-likeness (QED) is 0.823. The fourth-order valence-electron chi connectivity index (χ4n) is 2.37. The number of nitrogens with two attached hydrogens (primary N) is 1. The summed E-state index contributed by atoms with van der Waals surface area (Å²) in [5.41, 5.74) is 8.45. The molecule has 1 atom stereocenters. The van der Waals surface area contributed by atoms with Crippen molar-refractivity contribution in [1.82, 2.24) is 10.3 Å². The third kappa shape index (κ3) is 4.53. The number of halogens is 1. The minimum Gasteiger partial charge on any atom is -0.398 e. The van der Waals surface area contributed by atoms with Crippen LogP contribution in [0.2, 0.25) is 0 Å². The first kappa shape index (κ1) is 15.4. The topological polar surface area (TPSA) is 50.9 Å². The molecule has 0 aliphatic rings. The molecule has 0 aliphatic carbocycles. The summed E-state index contributed by atoms with van der Waals surface area (Å²) in [7, 11) is 0. The fourth-order valence-corrected chi connectivity index (χ4v) is 2.37. The highest BCUT2D eigenvalue weighted by Gasteiger charge is 2.13. The van der Waals surface area contributed by atoms with Gasteiger partial charge in [0.05, 0.1) is 0 Å². The Balaban J connectivity index is 2.11. The van der Waals surface area contributed by atoms with Gasteiger partial charge in [0, 0.05) is 24.1 Å². The van der Waals surface area contributed by atoms with Crippen LogP contribution in [0.3, 0.4) is 0 Å². The van der Waals surface area contributed by atoms with E-state index in [1.807, 2.05) is 12.1 Å². The molecule has 1 aromatic carbocycles. The van der Waals surface area contributed by atoms with Crippen LogP contribution in [0.25, 0.3) is 0 Å². The number of nitrogen functional groups attached to an aromatic ring is 1. The maximum absolute atomic E-state index is 13.8. The van der Waals surface area contributed by atoms with Crippen LogP contribution >= 0.6 is 0 Å². The van der Waals surface area contributed by atoms with Crippen molar-refractivity contribution in [2.24, 2.45) is 0 Å². The lowest BCUT2D eigenvalue weighted by Crippen LogP contribution is -2.34. The van der Waals surface area contributed by atoms with Crippen molar-refractivity contribution >= 4 is 5.69 Å². The Labute approximate surface area is 125 Å². The highest BCUT2D eigenvalue weighted by atomic mass is 19.1. The third-order valence-corrected chi connectivity index (χ3v) is 3.51. The first-order valence-electron chi connectivity index (χ1n) is 7.36. The molecule has 4 heteroatoms. The predicted octanol–water partition coefficient (Wildman–Crippen LogP) is 2.96. The molecule has 0 saturated heterocycles. The minimum absolute atomic E-state index is 0.147. The average Bonchev–Trinajstić information content (AvgIpc) is 2.49. The molecule has 0 spiro atoms.